The van der Waals surface area contributed by atoms with E-state index in [1.54, 1.807) is 6.92 Å². The highest BCUT2D eigenvalue weighted by Gasteiger charge is 2.66. The van der Waals surface area contributed by atoms with Gasteiger partial charge in [-0.1, -0.05) is 20.3 Å². The molecule has 4 aliphatic carbocycles. The molecule has 6 aliphatic rings. The summed E-state index contributed by atoms with van der Waals surface area (Å²) in [5.41, 5.74) is 0.421. The SMILES string of the molecule is CC(=O)O[C@H]1C[C@@H]2CC[C@H]3C4C[C@H]([N+]5(C)CCCCC5)[C@H](O)[C@@]4(C)CCC3[C@@]2(C)C[C@@H]1N1CCCCC1.[Br-]. The highest BCUT2D eigenvalue weighted by Crippen LogP contribution is 2.67. The van der Waals surface area contributed by atoms with E-state index in [4.69, 9.17) is 4.74 Å². The lowest BCUT2D eigenvalue weighted by atomic mass is 9.44. The number of likely N-dealkylation sites (tertiary alicyclic amines) is 2. The van der Waals surface area contributed by atoms with E-state index in [1.807, 2.05) is 0 Å². The first-order valence-electron chi connectivity index (χ1n) is 16.1. The first-order chi connectivity index (χ1) is 17.7. The number of carbonyl (C=O) groups is 1. The Labute approximate surface area is 242 Å². The molecule has 6 rings (SSSR count). The van der Waals surface area contributed by atoms with Crippen LogP contribution in [0.15, 0.2) is 0 Å². The third-order valence-electron chi connectivity index (χ3n) is 13.4. The molecule has 0 bridgehead atoms. The zero-order valence-corrected chi connectivity index (χ0v) is 26.3. The van der Waals surface area contributed by atoms with E-state index in [1.165, 1.54) is 103 Å². The van der Waals surface area contributed by atoms with Gasteiger partial charge in [0, 0.05) is 24.8 Å². The van der Waals surface area contributed by atoms with Crippen molar-refractivity contribution in [3.63, 3.8) is 0 Å². The fraction of sp³-hybridized carbons (Fsp3) is 0.969. The molecular formula is C32H55BrN2O3. The third kappa shape index (κ3) is 4.73. The Kier molecular flexibility index (Phi) is 8.42. The molecule has 2 heterocycles. The van der Waals surface area contributed by atoms with Crippen molar-refractivity contribution in [2.75, 3.05) is 33.2 Å². The second-order valence-corrected chi connectivity index (χ2v) is 15.2. The second-order valence-electron chi connectivity index (χ2n) is 15.2. The zero-order valence-electron chi connectivity index (χ0n) is 24.7. The normalized spacial score (nSPS) is 48.7. The monoisotopic (exact) mass is 594 g/mol. The molecule has 2 unspecified atom stereocenters. The molecule has 6 heteroatoms. The van der Waals surface area contributed by atoms with Gasteiger partial charge in [0.2, 0.25) is 0 Å². The van der Waals surface area contributed by atoms with Gasteiger partial charge >= 0.3 is 5.97 Å². The number of likely N-dealkylation sites (N-methyl/N-ethyl adjacent to an activating group) is 1. The summed E-state index contributed by atoms with van der Waals surface area (Å²) in [6, 6.07) is 0.817. The van der Waals surface area contributed by atoms with Gasteiger partial charge in [-0.25, -0.2) is 0 Å². The Morgan fingerprint density at radius 1 is 0.921 bits per heavy atom. The van der Waals surface area contributed by atoms with Gasteiger partial charge in [0.05, 0.1) is 20.1 Å². The summed E-state index contributed by atoms with van der Waals surface area (Å²) in [4.78, 5) is 14.8. The molecule has 6 fully saturated rings. The van der Waals surface area contributed by atoms with Crippen LogP contribution in [-0.2, 0) is 9.53 Å². The summed E-state index contributed by atoms with van der Waals surface area (Å²) in [6.45, 7) is 11.6. The van der Waals surface area contributed by atoms with Crippen molar-refractivity contribution in [3.8, 4) is 0 Å². The maximum absolute atomic E-state index is 12.1. The lowest BCUT2D eigenvalue weighted by Crippen LogP contribution is -3.00. The van der Waals surface area contributed by atoms with Gasteiger partial charge in [-0.3, -0.25) is 9.69 Å². The van der Waals surface area contributed by atoms with Crippen LogP contribution < -0.4 is 17.0 Å². The number of ether oxygens (including phenoxy) is 1. The number of quaternary nitrogens is 1. The molecule has 0 aromatic carbocycles. The first-order valence-corrected chi connectivity index (χ1v) is 16.1. The predicted octanol–water partition coefficient (Wildman–Crippen LogP) is 2.40. The van der Waals surface area contributed by atoms with Gasteiger partial charge in [0.25, 0.3) is 0 Å². The van der Waals surface area contributed by atoms with Crippen molar-refractivity contribution in [3.05, 3.63) is 0 Å². The van der Waals surface area contributed by atoms with E-state index in [-0.39, 0.29) is 40.6 Å². The number of halogens is 1. The topological polar surface area (TPSA) is 49.8 Å². The number of hydrogen-bond donors (Lipinski definition) is 1. The molecule has 0 aromatic rings. The van der Waals surface area contributed by atoms with Crippen molar-refractivity contribution in [1.29, 1.82) is 0 Å². The van der Waals surface area contributed by atoms with Crippen molar-refractivity contribution in [2.24, 2.45) is 34.5 Å². The molecule has 218 valence electrons. The average Bonchev–Trinajstić information content (AvgIpc) is 3.16. The Balaban J connectivity index is 0.00000294. The van der Waals surface area contributed by atoms with Crippen LogP contribution in [0.4, 0.5) is 0 Å². The molecule has 5 nitrogen and oxygen atoms in total. The van der Waals surface area contributed by atoms with Crippen molar-refractivity contribution < 1.29 is 36.1 Å². The van der Waals surface area contributed by atoms with Crippen molar-refractivity contribution in [2.45, 2.75) is 129 Å². The molecule has 1 N–H and O–H groups in total. The van der Waals surface area contributed by atoms with Crippen molar-refractivity contribution in [1.82, 2.24) is 4.90 Å². The fourth-order valence-electron chi connectivity index (χ4n) is 11.4. The molecule has 0 aromatic heterocycles. The van der Waals surface area contributed by atoms with Crippen LogP contribution in [0, 0.1) is 34.5 Å². The van der Waals surface area contributed by atoms with Crippen LogP contribution in [0.1, 0.15) is 104 Å². The number of rotatable bonds is 3. The van der Waals surface area contributed by atoms with Crippen LogP contribution in [-0.4, -0.2) is 78.0 Å². The van der Waals surface area contributed by atoms with Gasteiger partial charge in [0.15, 0.2) is 0 Å². The molecule has 2 aliphatic heterocycles. The van der Waals surface area contributed by atoms with Gasteiger partial charge in [-0.15, -0.1) is 0 Å². The number of esters is 1. The Morgan fingerprint density at radius 3 is 2.29 bits per heavy atom. The second kappa shape index (κ2) is 10.9. The molecule has 38 heavy (non-hydrogen) atoms. The van der Waals surface area contributed by atoms with Crippen molar-refractivity contribution >= 4 is 5.97 Å². The predicted molar refractivity (Wildman–Crippen MR) is 147 cm³/mol. The minimum absolute atomic E-state index is 0. The molecule has 4 saturated carbocycles. The number of nitrogens with zero attached hydrogens (tertiary/aromatic N) is 2. The number of hydrogen-bond acceptors (Lipinski definition) is 4. The third-order valence-corrected chi connectivity index (χ3v) is 13.4. The van der Waals surface area contributed by atoms with E-state index in [9.17, 15) is 9.90 Å². The summed E-state index contributed by atoms with van der Waals surface area (Å²) in [6.07, 6.45) is 16.4. The Hall–Kier alpha value is -0.170. The largest absolute Gasteiger partial charge is 1.00 e. The highest BCUT2D eigenvalue weighted by atomic mass is 79.9. The zero-order chi connectivity index (χ0) is 26.0. The summed E-state index contributed by atoms with van der Waals surface area (Å²) >= 11 is 0. The number of piperidine rings is 2. The van der Waals surface area contributed by atoms with Crippen LogP contribution in [0.5, 0.6) is 0 Å². The standard InChI is InChI=1S/C32H55N2O3.BrH/c1-22(35)37-29-19-23-11-12-24-25(32(23,3)21-27(29)33-15-7-5-8-16-33)13-14-31(2)26(24)20-28(30(31)36)34(4)17-9-6-10-18-34;/h23-30,36H,5-21H2,1-4H3;1H/q+1;/p-1/t23-,24+,25?,26?,27-,28-,29-,30-,31-,32-;/m0./s1. The Morgan fingerprint density at radius 2 is 1.61 bits per heavy atom. The smallest absolute Gasteiger partial charge is 0.302 e. The van der Waals surface area contributed by atoms with E-state index < -0.39 is 0 Å². The maximum Gasteiger partial charge on any atom is 0.302 e. The summed E-state index contributed by atoms with van der Waals surface area (Å²) in [5, 5.41) is 11.9. The van der Waals surface area contributed by atoms with Crippen LogP contribution >= 0.6 is 0 Å². The molecule has 0 spiro atoms. The maximum atomic E-state index is 12.1. The van der Waals surface area contributed by atoms with Gasteiger partial charge < -0.3 is 31.3 Å². The average molecular weight is 596 g/mol. The summed E-state index contributed by atoms with van der Waals surface area (Å²) in [7, 11) is 2.46. The number of aliphatic hydroxyl groups excluding tert-OH is 1. The quantitative estimate of drug-likeness (QED) is 0.403. The molecule has 2 saturated heterocycles. The number of fused-ring (bicyclic) bond motifs is 5. The molecule has 0 amide bonds. The number of aliphatic hydroxyl groups is 1. The molecule has 0 radical (unpaired) electrons. The van der Waals surface area contributed by atoms with Gasteiger partial charge in [-0.2, -0.15) is 0 Å². The Bertz CT molecular complexity index is 858. The van der Waals surface area contributed by atoms with Gasteiger partial charge in [-0.05, 0) is 113 Å². The molecule has 10 atom stereocenters. The van der Waals surface area contributed by atoms with E-state index in [2.05, 4.69) is 25.8 Å². The summed E-state index contributed by atoms with van der Waals surface area (Å²) in [5.74, 6) is 2.74. The minimum Gasteiger partial charge on any atom is -1.00 e. The number of carbonyl (C=O) groups excluding carboxylic acids is 1. The highest BCUT2D eigenvalue weighted by molar-refractivity contribution is 5.66. The lowest BCUT2D eigenvalue weighted by Gasteiger charge is -2.62. The van der Waals surface area contributed by atoms with E-state index in [0.29, 0.717) is 29.3 Å². The van der Waals surface area contributed by atoms with E-state index >= 15 is 0 Å². The van der Waals surface area contributed by atoms with Crippen LogP contribution in [0.2, 0.25) is 0 Å². The summed E-state index contributed by atoms with van der Waals surface area (Å²) < 4.78 is 7.18. The lowest BCUT2D eigenvalue weighted by molar-refractivity contribution is -0.940. The van der Waals surface area contributed by atoms with E-state index in [0.717, 1.165) is 22.7 Å². The van der Waals surface area contributed by atoms with Gasteiger partial charge in [0.1, 0.15) is 18.2 Å². The minimum atomic E-state index is -0.145. The first kappa shape index (κ1) is 29.3. The fourth-order valence-corrected chi connectivity index (χ4v) is 11.4. The molecular weight excluding hydrogens is 540 g/mol. The van der Waals surface area contributed by atoms with Crippen LogP contribution in [0.3, 0.4) is 0 Å². The van der Waals surface area contributed by atoms with Crippen LogP contribution in [0.25, 0.3) is 0 Å².